The zero-order chi connectivity index (χ0) is 14.3. The second-order valence-electron chi connectivity index (χ2n) is 4.45. The van der Waals surface area contributed by atoms with Gasteiger partial charge in [0.15, 0.2) is 0 Å². The van der Waals surface area contributed by atoms with E-state index in [2.05, 4.69) is 0 Å². The van der Waals surface area contributed by atoms with Crippen LogP contribution in [0.3, 0.4) is 0 Å². The Hall–Kier alpha value is -2.43. The number of para-hydroxylation sites is 1. The van der Waals surface area contributed by atoms with Crippen LogP contribution < -0.4 is 5.73 Å². The fraction of sp³-hybridized carbons (Fsp3) is 0.0667. The van der Waals surface area contributed by atoms with Gasteiger partial charge in [0.2, 0.25) is 0 Å². The van der Waals surface area contributed by atoms with Gasteiger partial charge in [0, 0.05) is 16.6 Å². The number of rotatable bonds is 1. The van der Waals surface area contributed by atoms with Crippen LogP contribution in [-0.2, 0) is 6.18 Å². The summed E-state index contributed by atoms with van der Waals surface area (Å²) in [5, 5.41) is 0.877. The normalized spacial score (nSPS) is 11.9. The second-order valence-corrected chi connectivity index (χ2v) is 4.45. The molecule has 20 heavy (non-hydrogen) atoms. The van der Waals surface area contributed by atoms with Crippen LogP contribution in [0.2, 0.25) is 0 Å². The largest absolute Gasteiger partial charge is 0.456 e. The molecule has 5 heteroatoms. The second kappa shape index (κ2) is 4.30. The van der Waals surface area contributed by atoms with Crippen LogP contribution in [0.25, 0.3) is 22.3 Å². The Bertz CT molecular complexity index is 741. The Morgan fingerprint density at radius 1 is 0.950 bits per heavy atom. The molecule has 0 spiro atoms. The van der Waals surface area contributed by atoms with Crippen LogP contribution in [-0.4, -0.2) is 0 Å². The van der Waals surface area contributed by atoms with Crippen molar-refractivity contribution in [1.29, 1.82) is 0 Å². The topological polar surface area (TPSA) is 39.2 Å². The zero-order valence-electron chi connectivity index (χ0n) is 10.2. The number of nitrogen functional groups attached to an aromatic ring is 1. The van der Waals surface area contributed by atoms with Crippen LogP contribution in [0.4, 0.5) is 18.9 Å². The summed E-state index contributed by atoms with van der Waals surface area (Å²) in [5.74, 6) is 0.456. The summed E-state index contributed by atoms with van der Waals surface area (Å²) in [4.78, 5) is 0. The van der Waals surface area contributed by atoms with Gasteiger partial charge in [0.05, 0.1) is 5.56 Å². The van der Waals surface area contributed by atoms with Gasteiger partial charge >= 0.3 is 6.18 Å². The van der Waals surface area contributed by atoms with Crippen LogP contribution in [0, 0.1) is 0 Å². The summed E-state index contributed by atoms with van der Waals surface area (Å²) in [7, 11) is 0. The Morgan fingerprint density at radius 3 is 2.35 bits per heavy atom. The zero-order valence-corrected chi connectivity index (χ0v) is 10.2. The van der Waals surface area contributed by atoms with E-state index in [1.54, 1.807) is 12.1 Å². The lowest BCUT2D eigenvalue weighted by molar-refractivity contribution is -0.137. The predicted molar refractivity (Wildman–Crippen MR) is 71.1 cm³/mol. The lowest BCUT2D eigenvalue weighted by Gasteiger charge is -2.09. The van der Waals surface area contributed by atoms with E-state index in [-0.39, 0.29) is 5.69 Å². The molecule has 0 bridgehead atoms. The molecular weight excluding hydrogens is 267 g/mol. The monoisotopic (exact) mass is 277 g/mol. The number of hydrogen-bond acceptors (Lipinski definition) is 2. The number of fused-ring (bicyclic) bond motifs is 1. The molecule has 3 rings (SSSR count). The molecule has 0 saturated carbocycles. The molecule has 0 saturated heterocycles. The number of anilines is 1. The fourth-order valence-corrected chi connectivity index (χ4v) is 2.08. The maximum Gasteiger partial charge on any atom is 0.416 e. The summed E-state index contributed by atoms with van der Waals surface area (Å²) in [5.41, 5.74) is 6.11. The van der Waals surface area contributed by atoms with Crippen molar-refractivity contribution in [3.63, 3.8) is 0 Å². The first-order chi connectivity index (χ1) is 9.45. The van der Waals surface area contributed by atoms with Gasteiger partial charge in [-0.2, -0.15) is 13.2 Å². The third-order valence-corrected chi connectivity index (χ3v) is 3.07. The SMILES string of the molecule is Nc1cc(C(F)(F)F)ccc1-c1cc2ccccc2o1. The van der Waals surface area contributed by atoms with E-state index in [4.69, 9.17) is 10.2 Å². The van der Waals surface area contributed by atoms with Crippen molar-refractivity contribution in [2.45, 2.75) is 6.18 Å². The Labute approximate surface area is 112 Å². The number of furan rings is 1. The fourth-order valence-electron chi connectivity index (χ4n) is 2.08. The molecule has 0 unspecified atom stereocenters. The molecule has 0 fully saturated rings. The lowest BCUT2D eigenvalue weighted by atomic mass is 10.1. The third-order valence-electron chi connectivity index (χ3n) is 3.07. The third kappa shape index (κ3) is 2.11. The lowest BCUT2D eigenvalue weighted by Crippen LogP contribution is -2.05. The van der Waals surface area contributed by atoms with Crippen molar-refractivity contribution in [3.8, 4) is 11.3 Å². The molecule has 0 aliphatic carbocycles. The minimum absolute atomic E-state index is 0.0406. The first-order valence-corrected chi connectivity index (χ1v) is 5.91. The van der Waals surface area contributed by atoms with E-state index >= 15 is 0 Å². The molecule has 0 radical (unpaired) electrons. The van der Waals surface area contributed by atoms with Crippen molar-refractivity contribution < 1.29 is 17.6 Å². The van der Waals surface area contributed by atoms with Gasteiger partial charge in [-0.3, -0.25) is 0 Å². The van der Waals surface area contributed by atoms with Crippen molar-refractivity contribution in [3.05, 3.63) is 54.1 Å². The smallest absolute Gasteiger partial charge is 0.416 e. The van der Waals surface area contributed by atoms with Gasteiger partial charge in [0.25, 0.3) is 0 Å². The summed E-state index contributed by atoms with van der Waals surface area (Å²) in [6.45, 7) is 0. The number of alkyl halides is 3. The Balaban J connectivity index is 2.10. The summed E-state index contributed by atoms with van der Waals surface area (Å²) in [6, 6.07) is 12.3. The van der Waals surface area contributed by atoms with Gasteiger partial charge < -0.3 is 10.2 Å². The number of halogens is 3. The molecule has 2 nitrogen and oxygen atoms in total. The van der Waals surface area contributed by atoms with Gasteiger partial charge in [-0.05, 0) is 30.3 Å². The first-order valence-electron chi connectivity index (χ1n) is 5.91. The minimum Gasteiger partial charge on any atom is -0.456 e. The molecule has 102 valence electrons. The van der Waals surface area contributed by atoms with E-state index < -0.39 is 11.7 Å². The van der Waals surface area contributed by atoms with E-state index in [1.165, 1.54) is 6.07 Å². The van der Waals surface area contributed by atoms with Crippen LogP contribution in [0.5, 0.6) is 0 Å². The van der Waals surface area contributed by atoms with E-state index in [0.29, 0.717) is 16.9 Å². The van der Waals surface area contributed by atoms with Crippen LogP contribution in [0.15, 0.2) is 52.9 Å². The standard InChI is InChI=1S/C15H10F3NO/c16-15(17,18)10-5-6-11(12(19)8-10)14-7-9-3-1-2-4-13(9)20-14/h1-8H,19H2. The molecule has 2 aromatic carbocycles. The molecule has 3 aromatic rings. The average molecular weight is 277 g/mol. The molecule has 1 aromatic heterocycles. The summed E-state index contributed by atoms with van der Waals surface area (Å²) in [6.07, 6.45) is -4.40. The molecule has 1 heterocycles. The van der Waals surface area contributed by atoms with E-state index in [9.17, 15) is 13.2 Å². The van der Waals surface area contributed by atoms with Crippen molar-refractivity contribution >= 4 is 16.7 Å². The van der Waals surface area contributed by atoms with E-state index in [1.807, 2.05) is 18.2 Å². The minimum atomic E-state index is -4.40. The van der Waals surface area contributed by atoms with Crippen molar-refractivity contribution in [2.24, 2.45) is 0 Å². The van der Waals surface area contributed by atoms with Gasteiger partial charge in [-0.1, -0.05) is 18.2 Å². The molecule has 0 atom stereocenters. The Morgan fingerprint density at radius 2 is 1.70 bits per heavy atom. The maximum absolute atomic E-state index is 12.6. The highest BCUT2D eigenvalue weighted by molar-refractivity contribution is 5.85. The molecule has 0 aliphatic heterocycles. The van der Waals surface area contributed by atoms with Crippen LogP contribution >= 0.6 is 0 Å². The van der Waals surface area contributed by atoms with Gasteiger partial charge in [-0.25, -0.2) is 0 Å². The number of nitrogens with two attached hydrogens (primary N) is 1. The maximum atomic E-state index is 12.6. The van der Waals surface area contributed by atoms with Gasteiger partial charge in [-0.15, -0.1) is 0 Å². The summed E-state index contributed by atoms with van der Waals surface area (Å²) < 4.78 is 43.4. The van der Waals surface area contributed by atoms with Crippen molar-refractivity contribution in [2.75, 3.05) is 5.73 Å². The highest BCUT2D eigenvalue weighted by Gasteiger charge is 2.31. The molecule has 2 N–H and O–H groups in total. The molecular formula is C15H10F3NO. The molecule has 0 amide bonds. The number of benzene rings is 2. The van der Waals surface area contributed by atoms with Gasteiger partial charge in [0.1, 0.15) is 11.3 Å². The summed E-state index contributed by atoms with van der Waals surface area (Å²) >= 11 is 0. The average Bonchev–Trinajstić information content (AvgIpc) is 2.80. The van der Waals surface area contributed by atoms with Crippen molar-refractivity contribution in [1.82, 2.24) is 0 Å². The Kier molecular flexibility index (Phi) is 2.71. The first kappa shape index (κ1) is 12.6. The predicted octanol–water partition coefficient (Wildman–Crippen LogP) is 4.70. The van der Waals surface area contributed by atoms with Crippen LogP contribution in [0.1, 0.15) is 5.56 Å². The highest BCUT2D eigenvalue weighted by Crippen LogP contribution is 2.36. The molecule has 0 aliphatic rings. The number of hydrogen-bond donors (Lipinski definition) is 1. The van der Waals surface area contributed by atoms with E-state index in [0.717, 1.165) is 17.5 Å². The highest BCUT2D eigenvalue weighted by atomic mass is 19.4. The quantitative estimate of drug-likeness (QED) is 0.655.